The summed E-state index contributed by atoms with van der Waals surface area (Å²) in [5.41, 5.74) is 2.33. The molecule has 172 valence electrons. The smallest absolute Gasteiger partial charge is 0.387 e. The molecule has 0 radical (unpaired) electrons. The summed E-state index contributed by atoms with van der Waals surface area (Å²) in [4.78, 5) is 25.0. The molecule has 0 aliphatic heterocycles. The highest BCUT2D eigenvalue weighted by molar-refractivity contribution is 5.96. The molecule has 1 aromatic heterocycles. The molecule has 2 aromatic carbocycles. The molecular weight excluding hydrogens is 439 g/mol. The van der Waals surface area contributed by atoms with E-state index in [2.05, 4.69) is 15.2 Å². The number of hydrogen-bond donors (Lipinski definition) is 1. The molecule has 0 atom stereocenters. The summed E-state index contributed by atoms with van der Waals surface area (Å²) in [6, 6.07) is 11.4. The number of halogens is 3. The molecule has 1 aliphatic carbocycles. The second kappa shape index (κ2) is 9.76. The number of carbonyl (C=O) groups excluding carboxylic acids is 2. The quantitative estimate of drug-likeness (QED) is 0.533. The maximum absolute atomic E-state index is 13.3. The van der Waals surface area contributed by atoms with Crippen molar-refractivity contribution in [3.63, 3.8) is 0 Å². The first kappa shape index (κ1) is 22.4. The van der Waals surface area contributed by atoms with E-state index < -0.39 is 25.1 Å². The Balaban J connectivity index is 1.47. The van der Waals surface area contributed by atoms with E-state index in [4.69, 9.17) is 4.74 Å². The van der Waals surface area contributed by atoms with Gasteiger partial charge in [-0.25, -0.2) is 13.9 Å². The van der Waals surface area contributed by atoms with E-state index in [9.17, 15) is 22.8 Å². The van der Waals surface area contributed by atoms with Crippen molar-refractivity contribution in [2.75, 3.05) is 11.9 Å². The van der Waals surface area contributed by atoms with Crippen molar-refractivity contribution in [2.24, 2.45) is 0 Å². The van der Waals surface area contributed by atoms with Gasteiger partial charge >= 0.3 is 12.6 Å². The molecule has 1 heterocycles. The van der Waals surface area contributed by atoms with E-state index in [0.29, 0.717) is 18.5 Å². The van der Waals surface area contributed by atoms with Gasteiger partial charge in [-0.05, 0) is 62.1 Å². The number of aromatic nitrogens is 2. The lowest BCUT2D eigenvalue weighted by molar-refractivity contribution is -0.119. The molecule has 1 N–H and O–H groups in total. The van der Waals surface area contributed by atoms with Crippen molar-refractivity contribution in [1.82, 2.24) is 9.78 Å². The first-order valence-electron chi connectivity index (χ1n) is 10.3. The number of fused-ring (bicyclic) bond motifs is 1. The van der Waals surface area contributed by atoms with Gasteiger partial charge in [-0.3, -0.25) is 4.79 Å². The summed E-state index contributed by atoms with van der Waals surface area (Å²) in [5.74, 6) is -2.09. The number of rotatable bonds is 7. The van der Waals surface area contributed by atoms with Crippen LogP contribution in [0.2, 0.25) is 0 Å². The summed E-state index contributed by atoms with van der Waals surface area (Å²) in [6.45, 7) is -3.69. The normalized spacial score (nSPS) is 12.8. The Morgan fingerprint density at radius 2 is 1.79 bits per heavy atom. The van der Waals surface area contributed by atoms with Gasteiger partial charge in [-0.2, -0.15) is 13.9 Å². The number of benzene rings is 2. The zero-order valence-electron chi connectivity index (χ0n) is 17.4. The lowest BCUT2D eigenvalue weighted by atomic mass is 9.95. The minimum Gasteiger partial charge on any atom is -0.451 e. The fourth-order valence-corrected chi connectivity index (χ4v) is 3.71. The number of nitrogens with one attached hydrogen (secondary N) is 1. The van der Waals surface area contributed by atoms with Gasteiger partial charge in [0.1, 0.15) is 11.6 Å². The van der Waals surface area contributed by atoms with Crippen molar-refractivity contribution in [3.05, 3.63) is 71.3 Å². The number of amides is 1. The molecule has 3 aromatic rings. The topological polar surface area (TPSA) is 82.5 Å². The Kier molecular flexibility index (Phi) is 6.62. The van der Waals surface area contributed by atoms with Crippen LogP contribution in [0.4, 0.5) is 18.9 Å². The molecule has 33 heavy (non-hydrogen) atoms. The van der Waals surface area contributed by atoms with Crippen molar-refractivity contribution < 1.29 is 32.2 Å². The summed E-state index contributed by atoms with van der Waals surface area (Å²) in [6.07, 6.45) is 3.14. The number of esters is 1. The molecule has 7 nitrogen and oxygen atoms in total. The van der Waals surface area contributed by atoms with Gasteiger partial charge in [0.25, 0.3) is 5.91 Å². The Morgan fingerprint density at radius 1 is 1.06 bits per heavy atom. The van der Waals surface area contributed by atoms with Crippen LogP contribution in [0.25, 0.3) is 5.69 Å². The lowest BCUT2D eigenvalue weighted by Gasteiger charge is -2.14. The molecule has 0 saturated heterocycles. The van der Waals surface area contributed by atoms with E-state index in [1.165, 1.54) is 36.4 Å². The third-order valence-corrected chi connectivity index (χ3v) is 5.16. The van der Waals surface area contributed by atoms with Gasteiger partial charge in [-0.1, -0.05) is 12.1 Å². The van der Waals surface area contributed by atoms with Gasteiger partial charge < -0.3 is 14.8 Å². The molecule has 0 unspecified atom stereocenters. The molecular formula is C23H20F3N3O4. The molecule has 10 heteroatoms. The highest BCUT2D eigenvalue weighted by Gasteiger charge is 2.27. The van der Waals surface area contributed by atoms with Gasteiger partial charge in [0, 0.05) is 11.3 Å². The van der Waals surface area contributed by atoms with Crippen LogP contribution in [0, 0.1) is 5.82 Å². The fourth-order valence-electron chi connectivity index (χ4n) is 3.71. The van der Waals surface area contributed by atoms with Crippen LogP contribution >= 0.6 is 0 Å². The number of carbonyl (C=O) groups is 2. The van der Waals surface area contributed by atoms with Crippen LogP contribution in [0.15, 0.2) is 48.5 Å². The minimum absolute atomic E-state index is 0.0248. The largest absolute Gasteiger partial charge is 0.451 e. The van der Waals surface area contributed by atoms with Gasteiger partial charge in [0.15, 0.2) is 12.3 Å². The number of para-hydroxylation sites is 2. The third kappa shape index (κ3) is 5.16. The summed E-state index contributed by atoms with van der Waals surface area (Å²) >= 11 is 0. The number of ether oxygens (including phenoxy) is 2. The highest BCUT2D eigenvalue weighted by Crippen LogP contribution is 2.28. The number of nitrogens with zero attached hydrogens (tertiary/aromatic N) is 2. The molecule has 0 bridgehead atoms. The van der Waals surface area contributed by atoms with E-state index in [0.717, 1.165) is 24.1 Å². The Morgan fingerprint density at radius 3 is 2.55 bits per heavy atom. The SMILES string of the molecule is O=C(COC(=O)c1nn(-c2ccc(F)cc2)c2c1CCCC2)Nc1ccccc1OC(F)F. The van der Waals surface area contributed by atoms with E-state index in [1.807, 2.05) is 0 Å². The predicted octanol–water partition coefficient (Wildman–Crippen LogP) is 4.29. The molecule has 4 rings (SSSR count). The van der Waals surface area contributed by atoms with Crippen molar-refractivity contribution >= 4 is 17.6 Å². The summed E-state index contributed by atoms with van der Waals surface area (Å²) < 4.78 is 49.5. The van der Waals surface area contributed by atoms with Crippen LogP contribution in [-0.2, 0) is 22.4 Å². The second-order valence-corrected chi connectivity index (χ2v) is 7.37. The highest BCUT2D eigenvalue weighted by atomic mass is 19.3. The second-order valence-electron chi connectivity index (χ2n) is 7.37. The standard InChI is InChI=1S/C23H20F3N3O4/c24-14-9-11-15(12-10-14)29-18-7-3-1-5-16(18)21(28-29)22(31)32-13-20(30)27-17-6-2-4-8-19(17)33-23(25)26/h2,4,6,8-12,23H,1,3,5,7,13H2,(H,27,30). The molecule has 1 amide bonds. The molecule has 0 fully saturated rings. The summed E-state index contributed by atoms with van der Waals surface area (Å²) in [5, 5.41) is 6.77. The minimum atomic E-state index is -3.05. The van der Waals surface area contributed by atoms with Gasteiger partial charge in [-0.15, -0.1) is 0 Å². The third-order valence-electron chi connectivity index (χ3n) is 5.16. The van der Waals surface area contributed by atoms with E-state index in [-0.39, 0.29) is 22.9 Å². The first-order valence-corrected chi connectivity index (χ1v) is 10.3. The van der Waals surface area contributed by atoms with Gasteiger partial charge in [0.2, 0.25) is 0 Å². The van der Waals surface area contributed by atoms with Crippen molar-refractivity contribution in [2.45, 2.75) is 32.3 Å². The van der Waals surface area contributed by atoms with Crippen LogP contribution in [0.5, 0.6) is 5.75 Å². The Hall–Kier alpha value is -3.82. The Labute approximate surface area is 187 Å². The average molecular weight is 459 g/mol. The fraction of sp³-hybridized carbons (Fsp3) is 0.261. The van der Waals surface area contributed by atoms with Crippen LogP contribution in [0.1, 0.15) is 34.6 Å². The zero-order chi connectivity index (χ0) is 23.4. The van der Waals surface area contributed by atoms with Crippen LogP contribution < -0.4 is 10.1 Å². The van der Waals surface area contributed by atoms with Crippen molar-refractivity contribution in [1.29, 1.82) is 0 Å². The molecule has 1 aliphatic rings. The summed E-state index contributed by atoms with van der Waals surface area (Å²) in [7, 11) is 0. The number of alkyl halides is 2. The number of anilines is 1. The maximum Gasteiger partial charge on any atom is 0.387 e. The lowest BCUT2D eigenvalue weighted by Crippen LogP contribution is -2.22. The van der Waals surface area contributed by atoms with Gasteiger partial charge in [0.05, 0.1) is 11.4 Å². The Bertz CT molecular complexity index is 1160. The molecule has 0 saturated carbocycles. The van der Waals surface area contributed by atoms with Crippen LogP contribution in [-0.4, -0.2) is 34.9 Å². The average Bonchev–Trinajstić information content (AvgIpc) is 3.19. The van der Waals surface area contributed by atoms with E-state index in [1.54, 1.807) is 16.8 Å². The van der Waals surface area contributed by atoms with Crippen molar-refractivity contribution in [3.8, 4) is 11.4 Å². The molecule has 0 spiro atoms. The van der Waals surface area contributed by atoms with E-state index >= 15 is 0 Å². The monoisotopic (exact) mass is 459 g/mol. The number of hydrogen-bond acceptors (Lipinski definition) is 5. The maximum atomic E-state index is 13.3. The van der Waals surface area contributed by atoms with Crippen LogP contribution in [0.3, 0.4) is 0 Å². The zero-order valence-corrected chi connectivity index (χ0v) is 17.4. The predicted molar refractivity (Wildman–Crippen MR) is 112 cm³/mol. The first-order chi connectivity index (χ1) is 15.9.